The molecular formula is C12H18N2O3. The van der Waals surface area contributed by atoms with Gasteiger partial charge in [-0.15, -0.1) is 0 Å². The Hall–Kier alpha value is -1.46. The Morgan fingerprint density at radius 2 is 2.35 bits per heavy atom. The van der Waals surface area contributed by atoms with Crippen LogP contribution in [0.15, 0.2) is 18.2 Å². The van der Waals surface area contributed by atoms with Gasteiger partial charge < -0.3 is 25.3 Å². The van der Waals surface area contributed by atoms with Gasteiger partial charge in [-0.05, 0) is 12.1 Å². The first-order chi connectivity index (χ1) is 8.29. The molecule has 0 radical (unpaired) electrons. The van der Waals surface area contributed by atoms with E-state index in [9.17, 15) is 0 Å². The highest BCUT2D eigenvalue weighted by atomic mass is 16.6. The van der Waals surface area contributed by atoms with Crippen molar-refractivity contribution < 1.29 is 14.2 Å². The molecule has 1 saturated heterocycles. The highest BCUT2D eigenvalue weighted by Gasteiger charge is 2.14. The predicted molar refractivity (Wildman–Crippen MR) is 66.5 cm³/mol. The number of hydrogen-bond acceptors (Lipinski definition) is 5. The Labute approximate surface area is 101 Å². The minimum Gasteiger partial charge on any atom is -0.497 e. The second-order valence-electron chi connectivity index (χ2n) is 3.90. The summed E-state index contributed by atoms with van der Waals surface area (Å²) in [5.41, 5.74) is 7.43. The van der Waals surface area contributed by atoms with Gasteiger partial charge in [0.05, 0.1) is 44.4 Å². The SMILES string of the molecule is COc1ccc(N)c(NCC2COCCO2)c1. The molecule has 3 N–H and O–H groups in total. The van der Waals surface area contributed by atoms with Crippen LogP contribution in [0.2, 0.25) is 0 Å². The summed E-state index contributed by atoms with van der Waals surface area (Å²) in [6.07, 6.45) is 0.0781. The van der Waals surface area contributed by atoms with Crippen LogP contribution in [0.4, 0.5) is 11.4 Å². The number of hydrogen-bond donors (Lipinski definition) is 2. The second kappa shape index (κ2) is 5.75. The van der Waals surface area contributed by atoms with E-state index in [-0.39, 0.29) is 6.10 Å². The molecule has 1 unspecified atom stereocenters. The fourth-order valence-corrected chi connectivity index (χ4v) is 1.69. The minimum absolute atomic E-state index is 0.0781. The summed E-state index contributed by atoms with van der Waals surface area (Å²) in [5.74, 6) is 0.780. The molecule has 0 saturated carbocycles. The number of nitrogen functional groups attached to an aromatic ring is 1. The van der Waals surface area contributed by atoms with Crippen LogP contribution in [-0.4, -0.2) is 39.6 Å². The molecule has 1 aliphatic rings. The van der Waals surface area contributed by atoms with Crippen LogP contribution in [0.1, 0.15) is 0 Å². The predicted octanol–water partition coefficient (Wildman–Crippen LogP) is 1.10. The molecule has 1 heterocycles. The molecule has 5 heteroatoms. The van der Waals surface area contributed by atoms with Crippen LogP contribution < -0.4 is 15.8 Å². The average molecular weight is 238 g/mol. The quantitative estimate of drug-likeness (QED) is 0.769. The number of nitrogens with two attached hydrogens (primary N) is 1. The summed E-state index contributed by atoms with van der Waals surface area (Å²) in [5, 5.41) is 3.25. The van der Waals surface area contributed by atoms with Gasteiger partial charge in [0.2, 0.25) is 0 Å². The first-order valence-electron chi connectivity index (χ1n) is 5.66. The van der Waals surface area contributed by atoms with E-state index in [1.807, 2.05) is 18.2 Å². The summed E-state index contributed by atoms with van der Waals surface area (Å²) in [6, 6.07) is 5.53. The molecule has 17 heavy (non-hydrogen) atoms. The lowest BCUT2D eigenvalue weighted by Gasteiger charge is -2.23. The number of benzene rings is 1. The van der Waals surface area contributed by atoms with E-state index in [1.165, 1.54) is 0 Å². The maximum absolute atomic E-state index is 5.87. The van der Waals surface area contributed by atoms with E-state index in [0.29, 0.717) is 32.1 Å². The molecule has 2 rings (SSSR count). The van der Waals surface area contributed by atoms with Gasteiger partial charge in [0.25, 0.3) is 0 Å². The van der Waals surface area contributed by atoms with Gasteiger partial charge in [0.1, 0.15) is 5.75 Å². The van der Waals surface area contributed by atoms with Gasteiger partial charge in [-0.2, -0.15) is 0 Å². The van der Waals surface area contributed by atoms with Crippen LogP contribution >= 0.6 is 0 Å². The van der Waals surface area contributed by atoms with Gasteiger partial charge >= 0.3 is 0 Å². The summed E-state index contributed by atoms with van der Waals surface area (Å²) < 4.78 is 16.0. The van der Waals surface area contributed by atoms with Crippen molar-refractivity contribution in [2.75, 3.05) is 44.5 Å². The van der Waals surface area contributed by atoms with Gasteiger partial charge in [-0.1, -0.05) is 0 Å². The molecule has 0 bridgehead atoms. The fraction of sp³-hybridized carbons (Fsp3) is 0.500. The molecule has 0 spiro atoms. The first kappa shape index (κ1) is 12.0. The third-order valence-corrected chi connectivity index (χ3v) is 2.67. The van der Waals surface area contributed by atoms with E-state index in [0.717, 1.165) is 11.4 Å². The lowest BCUT2D eigenvalue weighted by atomic mass is 10.2. The number of nitrogens with one attached hydrogen (secondary N) is 1. The Balaban J connectivity index is 1.92. The van der Waals surface area contributed by atoms with Crippen molar-refractivity contribution in [3.63, 3.8) is 0 Å². The smallest absolute Gasteiger partial charge is 0.121 e. The second-order valence-corrected chi connectivity index (χ2v) is 3.90. The largest absolute Gasteiger partial charge is 0.497 e. The summed E-state index contributed by atoms with van der Waals surface area (Å²) in [6.45, 7) is 2.63. The summed E-state index contributed by atoms with van der Waals surface area (Å²) in [4.78, 5) is 0. The topological polar surface area (TPSA) is 65.7 Å². The lowest BCUT2D eigenvalue weighted by Crippen LogP contribution is -2.34. The van der Waals surface area contributed by atoms with Crippen LogP contribution in [-0.2, 0) is 9.47 Å². The van der Waals surface area contributed by atoms with E-state index in [4.69, 9.17) is 19.9 Å². The van der Waals surface area contributed by atoms with Crippen molar-refractivity contribution in [2.24, 2.45) is 0 Å². The molecule has 0 amide bonds. The molecule has 94 valence electrons. The Morgan fingerprint density at radius 1 is 1.47 bits per heavy atom. The molecule has 0 aromatic heterocycles. The number of rotatable bonds is 4. The van der Waals surface area contributed by atoms with Crippen LogP contribution in [0.3, 0.4) is 0 Å². The molecule has 1 aromatic carbocycles. The zero-order chi connectivity index (χ0) is 12.1. The Morgan fingerprint density at radius 3 is 3.06 bits per heavy atom. The molecular weight excluding hydrogens is 220 g/mol. The van der Waals surface area contributed by atoms with Crippen LogP contribution in [0.5, 0.6) is 5.75 Å². The van der Waals surface area contributed by atoms with Gasteiger partial charge in [-0.25, -0.2) is 0 Å². The highest BCUT2D eigenvalue weighted by Crippen LogP contribution is 2.24. The molecule has 5 nitrogen and oxygen atoms in total. The first-order valence-corrected chi connectivity index (χ1v) is 5.66. The number of anilines is 2. The summed E-state index contributed by atoms with van der Waals surface area (Å²) >= 11 is 0. The van der Waals surface area contributed by atoms with Crippen molar-refractivity contribution in [1.29, 1.82) is 0 Å². The zero-order valence-electron chi connectivity index (χ0n) is 9.94. The maximum Gasteiger partial charge on any atom is 0.121 e. The van der Waals surface area contributed by atoms with Crippen molar-refractivity contribution in [1.82, 2.24) is 0 Å². The van der Waals surface area contributed by atoms with Crippen molar-refractivity contribution in [3.8, 4) is 5.75 Å². The third kappa shape index (κ3) is 3.25. The van der Waals surface area contributed by atoms with Gasteiger partial charge in [-0.3, -0.25) is 0 Å². The van der Waals surface area contributed by atoms with Gasteiger partial charge in [0.15, 0.2) is 0 Å². The monoisotopic (exact) mass is 238 g/mol. The van der Waals surface area contributed by atoms with E-state index >= 15 is 0 Å². The number of ether oxygens (including phenoxy) is 3. The van der Waals surface area contributed by atoms with Crippen LogP contribution in [0.25, 0.3) is 0 Å². The lowest BCUT2D eigenvalue weighted by molar-refractivity contribution is -0.0818. The molecule has 0 aliphatic carbocycles. The van der Waals surface area contributed by atoms with Crippen LogP contribution in [0, 0.1) is 0 Å². The third-order valence-electron chi connectivity index (χ3n) is 2.67. The van der Waals surface area contributed by atoms with E-state index in [1.54, 1.807) is 7.11 Å². The fourth-order valence-electron chi connectivity index (χ4n) is 1.69. The van der Waals surface area contributed by atoms with Crippen molar-refractivity contribution in [3.05, 3.63) is 18.2 Å². The Bertz CT molecular complexity index is 365. The van der Waals surface area contributed by atoms with E-state index in [2.05, 4.69) is 5.32 Å². The maximum atomic E-state index is 5.87. The highest BCUT2D eigenvalue weighted by molar-refractivity contribution is 5.68. The van der Waals surface area contributed by atoms with E-state index < -0.39 is 0 Å². The molecule has 1 fully saturated rings. The average Bonchev–Trinajstić information content (AvgIpc) is 2.39. The minimum atomic E-state index is 0.0781. The molecule has 1 aromatic rings. The van der Waals surface area contributed by atoms with Crippen molar-refractivity contribution >= 4 is 11.4 Å². The Kier molecular flexibility index (Phi) is 4.06. The van der Waals surface area contributed by atoms with Crippen molar-refractivity contribution in [2.45, 2.75) is 6.10 Å². The summed E-state index contributed by atoms with van der Waals surface area (Å²) in [7, 11) is 1.63. The molecule has 1 atom stereocenters. The molecule has 1 aliphatic heterocycles. The zero-order valence-corrected chi connectivity index (χ0v) is 9.94. The number of methoxy groups -OCH3 is 1. The standard InChI is InChI=1S/C12H18N2O3/c1-15-9-2-3-11(13)12(6-9)14-7-10-8-16-4-5-17-10/h2-3,6,10,14H,4-5,7-8,13H2,1H3. The van der Waals surface area contributed by atoms with Gasteiger partial charge in [0, 0.05) is 12.6 Å². The normalized spacial score (nSPS) is 19.9.